The minimum Gasteiger partial charge on any atom is -0.496 e. The molecule has 0 aliphatic rings. The summed E-state index contributed by atoms with van der Waals surface area (Å²) in [6.07, 6.45) is 0. The fourth-order valence-corrected chi connectivity index (χ4v) is 1.99. The maximum Gasteiger partial charge on any atom is 0.335 e. The van der Waals surface area contributed by atoms with E-state index in [9.17, 15) is 4.79 Å². The highest BCUT2D eigenvalue weighted by molar-refractivity contribution is 6.31. The first-order valence-corrected chi connectivity index (χ1v) is 5.67. The van der Waals surface area contributed by atoms with Gasteiger partial charge in [-0.1, -0.05) is 29.8 Å². The minimum absolute atomic E-state index is 0.156. The number of rotatable bonds is 3. The van der Waals surface area contributed by atoms with Crippen molar-refractivity contribution >= 4 is 17.6 Å². The Morgan fingerprint density at radius 3 is 2.61 bits per heavy atom. The third kappa shape index (κ3) is 2.46. The van der Waals surface area contributed by atoms with E-state index in [1.807, 2.05) is 24.3 Å². The van der Waals surface area contributed by atoms with Gasteiger partial charge in [-0.25, -0.2) is 4.79 Å². The van der Waals surface area contributed by atoms with Crippen molar-refractivity contribution in [1.82, 2.24) is 0 Å². The molecule has 1 N–H and O–H groups in total. The van der Waals surface area contributed by atoms with Crippen molar-refractivity contribution in [1.29, 1.82) is 0 Å². The molecule has 0 aliphatic carbocycles. The zero-order chi connectivity index (χ0) is 13.1. The van der Waals surface area contributed by atoms with Gasteiger partial charge in [0.05, 0.1) is 12.7 Å². The van der Waals surface area contributed by atoms with Crippen LogP contribution < -0.4 is 4.74 Å². The molecule has 0 saturated heterocycles. The quantitative estimate of drug-likeness (QED) is 0.917. The molecule has 0 bridgehead atoms. The molecular weight excluding hydrogens is 252 g/mol. The van der Waals surface area contributed by atoms with Crippen LogP contribution in [0.25, 0.3) is 11.1 Å². The lowest BCUT2D eigenvalue weighted by Gasteiger charge is -2.09. The second kappa shape index (κ2) is 5.10. The van der Waals surface area contributed by atoms with Crippen LogP contribution >= 0.6 is 11.6 Å². The summed E-state index contributed by atoms with van der Waals surface area (Å²) in [7, 11) is 1.57. The highest BCUT2D eigenvalue weighted by Crippen LogP contribution is 2.32. The van der Waals surface area contributed by atoms with E-state index in [0.29, 0.717) is 10.8 Å². The van der Waals surface area contributed by atoms with E-state index in [2.05, 4.69) is 0 Å². The van der Waals surface area contributed by atoms with E-state index in [-0.39, 0.29) is 5.56 Å². The van der Waals surface area contributed by atoms with Crippen LogP contribution in [0.4, 0.5) is 0 Å². The lowest BCUT2D eigenvalue weighted by Crippen LogP contribution is -1.97. The number of methoxy groups -OCH3 is 1. The van der Waals surface area contributed by atoms with Crippen LogP contribution in [-0.4, -0.2) is 18.2 Å². The van der Waals surface area contributed by atoms with Gasteiger partial charge in [0.2, 0.25) is 0 Å². The number of carbonyl (C=O) groups is 1. The van der Waals surface area contributed by atoms with E-state index >= 15 is 0 Å². The maximum atomic E-state index is 11.0. The molecule has 2 aromatic rings. The van der Waals surface area contributed by atoms with Crippen molar-refractivity contribution in [2.75, 3.05) is 7.11 Å². The van der Waals surface area contributed by atoms with Crippen LogP contribution in [0.15, 0.2) is 42.5 Å². The van der Waals surface area contributed by atoms with Gasteiger partial charge < -0.3 is 9.84 Å². The Bertz CT molecular complexity index is 593. The van der Waals surface area contributed by atoms with Crippen LogP contribution in [0.2, 0.25) is 5.02 Å². The summed E-state index contributed by atoms with van der Waals surface area (Å²) in [4.78, 5) is 11.0. The zero-order valence-corrected chi connectivity index (χ0v) is 10.4. The summed E-state index contributed by atoms with van der Waals surface area (Å²) in [5.41, 5.74) is 1.69. The molecule has 92 valence electrons. The van der Waals surface area contributed by atoms with E-state index in [1.54, 1.807) is 19.2 Å². The Morgan fingerprint density at radius 1 is 1.22 bits per heavy atom. The standard InChI is InChI=1S/C14H11ClO3/c1-18-13-5-3-2-4-12(13)9-6-10(14(16)17)8-11(15)7-9/h2-8H,1H3,(H,16,17). The molecular formula is C14H11ClO3. The zero-order valence-electron chi connectivity index (χ0n) is 9.68. The summed E-state index contributed by atoms with van der Waals surface area (Å²) >= 11 is 5.94. The van der Waals surface area contributed by atoms with Crippen LogP contribution in [-0.2, 0) is 0 Å². The van der Waals surface area contributed by atoms with E-state index < -0.39 is 5.97 Å². The van der Waals surface area contributed by atoms with Gasteiger partial charge in [-0.2, -0.15) is 0 Å². The number of halogens is 1. The predicted octanol–water partition coefficient (Wildman–Crippen LogP) is 3.71. The molecule has 0 saturated carbocycles. The molecule has 0 heterocycles. The molecule has 0 atom stereocenters. The van der Waals surface area contributed by atoms with Gasteiger partial charge in [-0.05, 0) is 29.8 Å². The first-order valence-electron chi connectivity index (χ1n) is 5.29. The molecule has 2 rings (SSSR count). The Morgan fingerprint density at radius 2 is 1.94 bits per heavy atom. The maximum absolute atomic E-state index is 11.0. The van der Waals surface area contributed by atoms with Crippen molar-refractivity contribution in [3.8, 4) is 16.9 Å². The van der Waals surface area contributed by atoms with Crippen molar-refractivity contribution in [3.05, 3.63) is 53.1 Å². The summed E-state index contributed by atoms with van der Waals surface area (Å²) < 4.78 is 5.25. The minimum atomic E-state index is -1.01. The van der Waals surface area contributed by atoms with Gasteiger partial charge in [0.15, 0.2) is 0 Å². The largest absolute Gasteiger partial charge is 0.496 e. The third-order valence-electron chi connectivity index (χ3n) is 2.56. The predicted molar refractivity (Wildman–Crippen MR) is 70.4 cm³/mol. The second-order valence-corrected chi connectivity index (χ2v) is 4.17. The summed E-state index contributed by atoms with van der Waals surface area (Å²) in [6.45, 7) is 0. The van der Waals surface area contributed by atoms with Gasteiger partial charge in [-0.15, -0.1) is 0 Å². The van der Waals surface area contributed by atoms with Crippen LogP contribution in [0.3, 0.4) is 0 Å². The molecule has 0 unspecified atom stereocenters. The van der Waals surface area contributed by atoms with Crippen LogP contribution in [0.5, 0.6) is 5.75 Å². The molecule has 4 heteroatoms. The average molecular weight is 263 g/mol. The number of benzene rings is 2. The van der Waals surface area contributed by atoms with Crippen molar-refractivity contribution < 1.29 is 14.6 Å². The monoisotopic (exact) mass is 262 g/mol. The van der Waals surface area contributed by atoms with Crippen LogP contribution in [0.1, 0.15) is 10.4 Å². The number of hydrogen-bond acceptors (Lipinski definition) is 2. The Labute approximate surface area is 110 Å². The Hall–Kier alpha value is -2.00. The number of aromatic carboxylic acids is 1. The number of ether oxygens (including phenoxy) is 1. The number of hydrogen-bond donors (Lipinski definition) is 1. The summed E-state index contributed by atoms with van der Waals surface area (Å²) in [6, 6.07) is 12.1. The Kier molecular flexibility index (Phi) is 3.53. The van der Waals surface area contributed by atoms with Crippen molar-refractivity contribution in [2.45, 2.75) is 0 Å². The molecule has 3 nitrogen and oxygen atoms in total. The molecule has 0 aromatic heterocycles. The van der Waals surface area contributed by atoms with E-state index in [0.717, 1.165) is 11.1 Å². The lowest BCUT2D eigenvalue weighted by atomic mass is 10.0. The summed E-state index contributed by atoms with van der Waals surface area (Å²) in [5, 5.41) is 9.40. The first-order chi connectivity index (χ1) is 8.61. The highest BCUT2D eigenvalue weighted by atomic mass is 35.5. The molecule has 2 aromatic carbocycles. The highest BCUT2D eigenvalue weighted by Gasteiger charge is 2.10. The second-order valence-electron chi connectivity index (χ2n) is 3.73. The molecule has 0 spiro atoms. The van der Waals surface area contributed by atoms with Gasteiger partial charge in [0.1, 0.15) is 5.75 Å². The first kappa shape index (κ1) is 12.5. The van der Waals surface area contributed by atoms with Crippen LogP contribution in [0, 0.1) is 0 Å². The van der Waals surface area contributed by atoms with Crippen molar-refractivity contribution in [2.24, 2.45) is 0 Å². The molecule has 0 radical (unpaired) electrons. The number of carboxylic acid groups (broad SMARTS) is 1. The van der Waals surface area contributed by atoms with Crippen molar-refractivity contribution in [3.63, 3.8) is 0 Å². The molecule has 0 fully saturated rings. The normalized spacial score (nSPS) is 10.1. The fourth-order valence-electron chi connectivity index (χ4n) is 1.75. The lowest BCUT2D eigenvalue weighted by molar-refractivity contribution is 0.0697. The van der Waals surface area contributed by atoms with Gasteiger partial charge in [0.25, 0.3) is 0 Å². The topological polar surface area (TPSA) is 46.5 Å². The average Bonchev–Trinajstić information content (AvgIpc) is 2.38. The third-order valence-corrected chi connectivity index (χ3v) is 2.78. The molecule has 0 aliphatic heterocycles. The van der Waals surface area contributed by atoms with Gasteiger partial charge in [0, 0.05) is 10.6 Å². The Balaban J connectivity index is 2.60. The van der Waals surface area contributed by atoms with Gasteiger partial charge >= 0.3 is 5.97 Å². The van der Waals surface area contributed by atoms with Gasteiger partial charge in [-0.3, -0.25) is 0 Å². The number of carboxylic acids is 1. The van der Waals surface area contributed by atoms with E-state index in [4.69, 9.17) is 21.4 Å². The number of para-hydroxylation sites is 1. The fraction of sp³-hybridized carbons (Fsp3) is 0.0714. The SMILES string of the molecule is COc1ccccc1-c1cc(Cl)cc(C(=O)O)c1. The molecule has 18 heavy (non-hydrogen) atoms. The van der Waals surface area contributed by atoms with E-state index in [1.165, 1.54) is 6.07 Å². The molecule has 0 amide bonds. The summed E-state index contributed by atoms with van der Waals surface area (Å²) in [5.74, 6) is -0.329. The smallest absolute Gasteiger partial charge is 0.335 e.